The van der Waals surface area contributed by atoms with E-state index in [4.69, 9.17) is 9.73 Å². The highest BCUT2D eigenvalue weighted by molar-refractivity contribution is 6.01. The molecular weight excluding hydrogens is 380 g/mol. The van der Waals surface area contributed by atoms with Crippen LogP contribution in [0.4, 0.5) is 0 Å². The first kappa shape index (κ1) is 21.7. The molecule has 0 N–H and O–H groups in total. The van der Waals surface area contributed by atoms with Crippen LogP contribution in [0.3, 0.4) is 0 Å². The van der Waals surface area contributed by atoms with Gasteiger partial charge in [-0.25, -0.2) is 4.99 Å². The molecule has 1 aliphatic rings. The summed E-state index contributed by atoms with van der Waals surface area (Å²) in [7, 11) is 0. The fourth-order valence-electron chi connectivity index (χ4n) is 4.62. The lowest BCUT2D eigenvalue weighted by molar-refractivity contribution is 0.302. The largest absolute Gasteiger partial charge is 0.471 e. The molecule has 2 heterocycles. The van der Waals surface area contributed by atoms with Gasteiger partial charge in [0, 0.05) is 27.8 Å². The van der Waals surface area contributed by atoms with Crippen molar-refractivity contribution in [3.05, 3.63) is 59.4 Å². The number of aliphatic imine (C=N–C) groups is 1. The molecule has 164 valence electrons. The Kier molecular flexibility index (Phi) is 4.88. The molecule has 1 aromatic heterocycles. The highest BCUT2D eigenvalue weighted by atomic mass is 16.5. The minimum Gasteiger partial charge on any atom is -0.471 e. The second kappa shape index (κ2) is 6.98. The van der Waals surface area contributed by atoms with Crippen LogP contribution < -0.4 is 0 Å². The van der Waals surface area contributed by atoms with Gasteiger partial charge in [0.2, 0.25) is 5.90 Å². The zero-order valence-corrected chi connectivity index (χ0v) is 20.6. The molecule has 0 fully saturated rings. The Morgan fingerprint density at radius 2 is 1.48 bits per heavy atom. The van der Waals surface area contributed by atoms with E-state index in [1.54, 1.807) is 0 Å². The van der Waals surface area contributed by atoms with E-state index in [1.807, 2.05) is 0 Å². The van der Waals surface area contributed by atoms with Gasteiger partial charge in [0.05, 0.1) is 5.54 Å². The Labute approximate surface area is 187 Å². The molecule has 31 heavy (non-hydrogen) atoms. The maximum Gasteiger partial charge on any atom is 0.234 e. The number of aromatic nitrogens is 1. The maximum atomic E-state index is 6.22. The summed E-state index contributed by atoms with van der Waals surface area (Å²) in [6.45, 7) is 20.7. The van der Waals surface area contributed by atoms with E-state index in [0.717, 1.165) is 11.6 Å². The van der Waals surface area contributed by atoms with Crippen molar-refractivity contribution >= 4 is 16.7 Å². The zero-order chi connectivity index (χ0) is 22.8. The van der Waals surface area contributed by atoms with Crippen LogP contribution in [0, 0.1) is 0 Å². The van der Waals surface area contributed by atoms with Crippen molar-refractivity contribution in [2.24, 2.45) is 4.99 Å². The molecule has 0 saturated heterocycles. The van der Waals surface area contributed by atoms with Crippen molar-refractivity contribution in [2.75, 3.05) is 0 Å². The molecule has 0 atom stereocenters. The molecule has 0 radical (unpaired) electrons. The lowest BCUT2D eigenvalue weighted by Crippen LogP contribution is -2.32. The smallest absolute Gasteiger partial charge is 0.234 e. The molecule has 0 bridgehead atoms. The second-order valence-electron chi connectivity index (χ2n) is 11.7. The van der Waals surface area contributed by atoms with Crippen LogP contribution >= 0.6 is 0 Å². The molecule has 0 aliphatic carbocycles. The van der Waals surface area contributed by atoms with E-state index in [2.05, 4.69) is 109 Å². The van der Waals surface area contributed by atoms with Crippen LogP contribution in [0.25, 0.3) is 21.9 Å². The molecule has 0 saturated carbocycles. The standard InChI is InChI=1S/C28H36N2O/c1-26(2,3)24-22(20-15-14-18-12-10-11-13-19(18)16-20)21-17-31-25(29-27(4,5)6)23(21)30(24)28(7,8)9/h10-16H,17H2,1-9H3. The van der Waals surface area contributed by atoms with Gasteiger partial charge in [-0.3, -0.25) is 0 Å². The van der Waals surface area contributed by atoms with Crippen molar-refractivity contribution < 1.29 is 4.74 Å². The van der Waals surface area contributed by atoms with Gasteiger partial charge >= 0.3 is 0 Å². The third-order valence-corrected chi connectivity index (χ3v) is 5.68. The first-order valence-electron chi connectivity index (χ1n) is 11.3. The molecule has 0 amide bonds. The minimum atomic E-state index is -0.199. The molecule has 3 nitrogen and oxygen atoms in total. The first-order chi connectivity index (χ1) is 14.3. The average molecular weight is 417 g/mol. The van der Waals surface area contributed by atoms with E-state index in [-0.39, 0.29) is 16.5 Å². The molecule has 0 spiro atoms. The van der Waals surface area contributed by atoms with Gasteiger partial charge in [-0.2, -0.15) is 0 Å². The lowest BCUT2D eigenvalue weighted by atomic mass is 9.85. The number of ether oxygens (including phenoxy) is 1. The van der Waals surface area contributed by atoms with Gasteiger partial charge in [-0.15, -0.1) is 0 Å². The van der Waals surface area contributed by atoms with Crippen LogP contribution in [0.5, 0.6) is 0 Å². The van der Waals surface area contributed by atoms with Crippen molar-refractivity contribution in [1.29, 1.82) is 0 Å². The molecule has 0 unspecified atom stereocenters. The van der Waals surface area contributed by atoms with Crippen molar-refractivity contribution in [2.45, 2.75) is 85.4 Å². The third-order valence-electron chi connectivity index (χ3n) is 5.68. The summed E-state index contributed by atoms with van der Waals surface area (Å²) in [5, 5.41) is 2.53. The topological polar surface area (TPSA) is 26.5 Å². The Morgan fingerprint density at radius 3 is 2.06 bits per heavy atom. The molecule has 2 aromatic carbocycles. The van der Waals surface area contributed by atoms with Gasteiger partial charge in [0.15, 0.2) is 0 Å². The van der Waals surface area contributed by atoms with Gasteiger partial charge in [0.1, 0.15) is 12.3 Å². The lowest BCUT2D eigenvalue weighted by Gasteiger charge is -2.33. The average Bonchev–Trinajstić information content (AvgIpc) is 3.17. The summed E-state index contributed by atoms with van der Waals surface area (Å²) in [5.41, 5.74) is 5.98. The van der Waals surface area contributed by atoms with Crippen molar-refractivity contribution in [3.8, 4) is 11.1 Å². The molecule has 3 heteroatoms. The van der Waals surface area contributed by atoms with E-state index >= 15 is 0 Å². The molecular formula is C28H36N2O. The summed E-state index contributed by atoms with van der Waals surface area (Å²) in [6, 6.07) is 15.4. The van der Waals surface area contributed by atoms with Gasteiger partial charge < -0.3 is 9.30 Å². The molecule has 4 rings (SSSR count). The number of fused-ring (bicyclic) bond motifs is 2. The third kappa shape index (κ3) is 3.91. The Morgan fingerprint density at radius 1 is 0.839 bits per heavy atom. The van der Waals surface area contributed by atoms with E-state index in [9.17, 15) is 0 Å². The molecule has 1 aliphatic heterocycles. The number of nitrogens with zero attached hydrogens (tertiary/aromatic N) is 2. The van der Waals surface area contributed by atoms with E-state index in [0.29, 0.717) is 6.61 Å². The predicted octanol–water partition coefficient (Wildman–Crippen LogP) is 7.44. The fourth-order valence-corrected chi connectivity index (χ4v) is 4.62. The van der Waals surface area contributed by atoms with Gasteiger partial charge in [-0.1, -0.05) is 57.2 Å². The number of hydrogen-bond donors (Lipinski definition) is 0. The summed E-state index contributed by atoms with van der Waals surface area (Å²) >= 11 is 0. The van der Waals surface area contributed by atoms with Crippen LogP contribution in [-0.4, -0.2) is 16.0 Å². The number of benzene rings is 2. The normalized spacial score (nSPS) is 16.1. The van der Waals surface area contributed by atoms with Crippen molar-refractivity contribution in [3.63, 3.8) is 0 Å². The zero-order valence-electron chi connectivity index (χ0n) is 20.6. The van der Waals surface area contributed by atoms with Crippen molar-refractivity contribution in [1.82, 2.24) is 4.57 Å². The first-order valence-corrected chi connectivity index (χ1v) is 11.3. The maximum absolute atomic E-state index is 6.22. The van der Waals surface area contributed by atoms with E-state index < -0.39 is 0 Å². The second-order valence-corrected chi connectivity index (χ2v) is 11.7. The van der Waals surface area contributed by atoms with Gasteiger partial charge in [-0.05, 0) is 63.9 Å². The van der Waals surface area contributed by atoms with Crippen LogP contribution in [0.1, 0.15) is 79.3 Å². The summed E-state index contributed by atoms with van der Waals surface area (Å²) in [5.74, 6) is 0.773. The highest BCUT2D eigenvalue weighted by Crippen LogP contribution is 2.45. The summed E-state index contributed by atoms with van der Waals surface area (Å²) in [4.78, 5) is 4.98. The fraction of sp³-hybridized carbons (Fsp3) is 0.464. The van der Waals surface area contributed by atoms with Crippen LogP contribution in [0.15, 0.2) is 47.5 Å². The Bertz CT molecular complexity index is 1170. The van der Waals surface area contributed by atoms with Crippen LogP contribution in [-0.2, 0) is 22.3 Å². The minimum absolute atomic E-state index is 0.0363. The van der Waals surface area contributed by atoms with Gasteiger partial charge in [0.25, 0.3) is 0 Å². The number of hydrogen-bond acceptors (Lipinski definition) is 2. The predicted molar refractivity (Wildman–Crippen MR) is 132 cm³/mol. The Hall–Kier alpha value is -2.55. The summed E-state index contributed by atoms with van der Waals surface area (Å²) in [6.07, 6.45) is 0. The monoisotopic (exact) mass is 416 g/mol. The van der Waals surface area contributed by atoms with E-state index in [1.165, 1.54) is 33.2 Å². The highest BCUT2D eigenvalue weighted by Gasteiger charge is 2.40. The quantitative estimate of drug-likeness (QED) is 0.405. The SMILES string of the molecule is CC(C)(C)N=C1OCc2c(-c3ccc4ccccc4c3)c(C(C)(C)C)n(C(C)(C)C)c21. The van der Waals surface area contributed by atoms with Crippen LogP contribution in [0.2, 0.25) is 0 Å². The molecule has 3 aromatic rings. The number of rotatable bonds is 1. The summed E-state index contributed by atoms with van der Waals surface area (Å²) < 4.78 is 8.71. The Balaban J connectivity index is 2.11.